The van der Waals surface area contributed by atoms with Crippen molar-refractivity contribution in [2.75, 3.05) is 6.61 Å². The smallest absolute Gasteiger partial charge is 0.748 e. The van der Waals surface area contributed by atoms with E-state index in [0.717, 1.165) is 53.5 Å². The molecule has 5 aliphatic heterocycles. The van der Waals surface area contributed by atoms with Gasteiger partial charge in [-0.05, 0) is 127 Å². The molecule has 0 radical (unpaired) electrons. The summed E-state index contributed by atoms with van der Waals surface area (Å²) in [4.78, 5) is 4.83. The predicted molar refractivity (Wildman–Crippen MR) is 227 cm³/mol. The van der Waals surface area contributed by atoms with E-state index in [-0.39, 0.29) is 78.0 Å². The number of phenols is 1. The Morgan fingerprint density at radius 2 is 1.77 bits per heavy atom. The van der Waals surface area contributed by atoms with E-state index in [1.54, 1.807) is 12.1 Å². The first-order valence-corrected chi connectivity index (χ1v) is 23.2. The van der Waals surface area contributed by atoms with Crippen molar-refractivity contribution in [1.29, 1.82) is 0 Å². The maximum absolute atomic E-state index is 14.0. The summed E-state index contributed by atoms with van der Waals surface area (Å²) in [6, 6.07) is 18.8. The molecular formula is C48H56N3NaO8S. The van der Waals surface area contributed by atoms with Crippen LogP contribution in [0.15, 0.2) is 77.3 Å². The Labute approximate surface area is 381 Å². The number of aryl methyl sites for hydroxylation is 1. The van der Waals surface area contributed by atoms with Gasteiger partial charge in [-0.25, -0.2) is 13.4 Å². The Balaban J connectivity index is 0.00000514. The molecule has 11 rings (SSSR count). The van der Waals surface area contributed by atoms with Crippen LogP contribution in [-0.2, 0) is 27.0 Å². The summed E-state index contributed by atoms with van der Waals surface area (Å²) in [5, 5.41) is 31.6. The second-order valence-electron chi connectivity index (χ2n) is 18.5. The number of nitrogens with zero attached hydrogens (tertiary/aromatic N) is 1. The summed E-state index contributed by atoms with van der Waals surface area (Å²) in [6.07, 6.45) is 8.13. The van der Waals surface area contributed by atoms with Crippen molar-refractivity contribution in [3.05, 3.63) is 106 Å². The topological polar surface area (TPSA) is 201 Å². The first-order valence-electron chi connectivity index (χ1n) is 21.7. The number of rotatable bonds is 6. The third kappa shape index (κ3) is 8.67. The number of aliphatic imine (C=N–C) groups is 1. The van der Waals surface area contributed by atoms with Gasteiger partial charge in [-0.1, -0.05) is 74.1 Å². The first-order chi connectivity index (χ1) is 28.7. The molecule has 61 heavy (non-hydrogen) atoms. The van der Waals surface area contributed by atoms with Gasteiger partial charge >= 0.3 is 29.6 Å². The Kier molecular flexibility index (Phi) is 12.5. The number of nitrogens with two attached hydrogens (primary N) is 2. The van der Waals surface area contributed by atoms with Crippen LogP contribution < -0.4 is 45.8 Å². The van der Waals surface area contributed by atoms with Crippen LogP contribution in [0.5, 0.6) is 11.5 Å². The molecular weight excluding hydrogens is 802 g/mol. The number of ether oxygens (including phenoxy) is 2. The van der Waals surface area contributed by atoms with E-state index >= 15 is 0 Å². The maximum Gasteiger partial charge on any atom is 1.00 e. The monoisotopic (exact) mass is 857 g/mol. The van der Waals surface area contributed by atoms with Crippen LogP contribution in [0.4, 0.5) is 0 Å². The van der Waals surface area contributed by atoms with Crippen molar-refractivity contribution in [2.24, 2.45) is 40.1 Å². The summed E-state index contributed by atoms with van der Waals surface area (Å²) < 4.78 is 55.9. The van der Waals surface area contributed by atoms with Gasteiger partial charge in [-0.3, -0.25) is 0 Å². The number of phenolic OH excluding ortho intramolecular Hbond substituents is 1. The molecule has 0 aromatic heterocycles. The van der Waals surface area contributed by atoms with Crippen LogP contribution in [0.25, 0.3) is 0 Å². The van der Waals surface area contributed by atoms with Gasteiger partial charge in [0.15, 0.2) is 5.96 Å². The number of hydrogen-bond acceptors (Lipinski definition) is 9. The Morgan fingerprint density at radius 1 is 1.02 bits per heavy atom. The molecule has 11 nitrogen and oxygen atoms in total. The van der Waals surface area contributed by atoms with E-state index in [4.69, 9.17) is 25.9 Å². The second-order valence-corrected chi connectivity index (χ2v) is 20.1. The number of hydrogen-bond donors (Lipinski definition) is 5. The molecule has 10 bridgehead atoms. The van der Waals surface area contributed by atoms with Crippen LogP contribution in [0.3, 0.4) is 0 Å². The van der Waals surface area contributed by atoms with E-state index in [9.17, 15) is 28.3 Å². The van der Waals surface area contributed by atoms with Crippen molar-refractivity contribution >= 4 is 16.1 Å². The molecule has 3 aliphatic carbocycles. The summed E-state index contributed by atoms with van der Waals surface area (Å²) in [6.45, 7) is 1.99. The zero-order valence-electron chi connectivity index (χ0n) is 35.1. The molecule has 1 saturated heterocycles. The van der Waals surface area contributed by atoms with E-state index in [2.05, 4.69) is 18.8 Å². The van der Waals surface area contributed by atoms with Gasteiger partial charge in [0.1, 0.15) is 17.6 Å². The van der Waals surface area contributed by atoms with Gasteiger partial charge in [0.25, 0.3) is 0 Å². The molecule has 1 saturated carbocycles. The zero-order valence-corrected chi connectivity index (χ0v) is 37.9. The molecule has 3 aromatic rings. The zero-order chi connectivity index (χ0) is 42.0. The summed E-state index contributed by atoms with van der Waals surface area (Å²) in [7, 11) is -4.88. The van der Waals surface area contributed by atoms with Crippen LogP contribution in [0, 0.1) is 35.5 Å². The average Bonchev–Trinajstić information content (AvgIpc) is 3.61. The number of guanidine groups is 1. The summed E-state index contributed by atoms with van der Waals surface area (Å²) in [5.41, 5.74) is 16.0. The van der Waals surface area contributed by atoms with Gasteiger partial charge in [-0.15, -0.1) is 0 Å². The standard InChI is InChI=1S/C48H57N3O8S.Na/c1-28-7-8-31-23-37-14-16-38(31)40(28)26-43(60(55,56)57)41-24-34-21-33(25-42-32(27-52)6-4-5-30-22-36(53)13-15-39(30)45(34)58-42)44(41)29-9-11-35(12-10-29)48(59-37,51-46(49)50)20-19-47(54)17-2-3-18-47;/h9-16,22-24,28,32-33,40-45,52-54H,2-3,6-8,17-21,25-27H2,1H3,(H4,49,50,51)(H,55,56,57);/q;+1/p-1/t28-,32+,33+,40-,41-,42-,43+,44-,45+,48-;/m0./s1. The molecule has 0 unspecified atom stereocenters. The van der Waals surface area contributed by atoms with Crippen LogP contribution in [0.2, 0.25) is 0 Å². The number of fused-ring (bicyclic) bond motifs is 9. The summed E-state index contributed by atoms with van der Waals surface area (Å²) >= 11 is 0. The largest absolute Gasteiger partial charge is 1.00 e. The van der Waals surface area contributed by atoms with Crippen molar-refractivity contribution in [3.8, 4) is 23.3 Å². The average molecular weight is 858 g/mol. The third-order valence-electron chi connectivity index (χ3n) is 14.8. The number of aliphatic hydroxyl groups excluding tert-OH is 1. The molecule has 0 amide bonds. The Morgan fingerprint density at radius 3 is 2.49 bits per heavy atom. The molecule has 8 aliphatic rings. The van der Waals surface area contributed by atoms with Crippen LogP contribution in [-0.4, -0.2) is 57.8 Å². The minimum atomic E-state index is -4.88. The van der Waals surface area contributed by atoms with Gasteiger partial charge < -0.3 is 40.8 Å². The Hall–Kier alpha value is -3.38. The minimum Gasteiger partial charge on any atom is -0.748 e. The fourth-order valence-corrected chi connectivity index (χ4v) is 12.8. The molecule has 318 valence electrons. The van der Waals surface area contributed by atoms with E-state index in [1.807, 2.05) is 54.6 Å². The predicted octanol–water partition coefficient (Wildman–Crippen LogP) is 3.51. The quantitative estimate of drug-likeness (QED) is 0.0611. The van der Waals surface area contributed by atoms with Gasteiger partial charge in [-0.2, -0.15) is 0 Å². The van der Waals surface area contributed by atoms with Crippen molar-refractivity contribution in [3.63, 3.8) is 0 Å². The normalized spacial score (nSPS) is 32.2. The molecule has 3 aromatic carbocycles. The fourth-order valence-electron chi connectivity index (χ4n) is 11.7. The number of aliphatic hydroxyl groups is 2. The molecule has 2 fully saturated rings. The number of aromatic hydroxyl groups is 1. The fraction of sp³-hybridized carbons (Fsp3) is 0.521. The number of allylic oxidation sites excluding steroid dienone is 1. The maximum atomic E-state index is 14.0. The molecule has 7 N–H and O–H groups in total. The van der Waals surface area contributed by atoms with Crippen molar-refractivity contribution < 1.29 is 67.3 Å². The second kappa shape index (κ2) is 17.3. The Bertz CT molecular complexity index is 2370. The van der Waals surface area contributed by atoms with Crippen LogP contribution in [0.1, 0.15) is 129 Å². The van der Waals surface area contributed by atoms with Crippen LogP contribution >= 0.6 is 0 Å². The molecule has 10 atom stereocenters. The third-order valence-corrected chi connectivity index (χ3v) is 16.1. The van der Waals surface area contributed by atoms with Crippen molar-refractivity contribution in [1.82, 2.24) is 0 Å². The first kappa shape index (κ1) is 44.2. The molecule has 5 heterocycles. The van der Waals surface area contributed by atoms with E-state index < -0.39 is 50.7 Å². The van der Waals surface area contributed by atoms with E-state index in [0.29, 0.717) is 61.8 Å². The number of benzene rings is 3. The van der Waals surface area contributed by atoms with Gasteiger partial charge in [0.05, 0.1) is 27.1 Å². The summed E-state index contributed by atoms with van der Waals surface area (Å²) in [5.74, 6) is 5.22. The van der Waals surface area contributed by atoms with Gasteiger partial charge in [0.2, 0.25) is 5.72 Å². The molecule has 13 heteroatoms. The van der Waals surface area contributed by atoms with E-state index in [1.165, 1.54) is 0 Å². The van der Waals surface area contributed by atoms with Gasteiger partial charge in [0, 0.05) is 42.1 Å². The SMILES string of the molecule is C[C@H]1CCc2cc3ccc2[C@H]1C[C@@H](S(=O)(=O)[O-])[C@@H]1C=C2C[C@H](C[C@@H]4O[C@H]2c2ccc(O)cc2C#CC[C@@H]4CO)[C@@H]1c1ccc(cc1)[C@@](CCC1(O)CCCC1)(N=C(N)N)O3.[Na+]. The molecule has 0 spiro atoms. The van der Waals surface area contributed by atoms with Crippen molar-refractivity contribution in [2.45, 2.75) is 125 Å². The minimum absolute atomic E-state index is 0.